The lowest BCUT2D eigenvalue weighted by Crippen LogP contribution is -2.46. The van der Waals surface area contributed by atoms with Crippen LogP contribution in [-0.4, -0.2) is 71.7 Å². The molecule has 5 aromatic rings. The summed E-state index contributed by atoms with van der Waals surface area (Å²) in [6, 6.07) is 23.9. The fourth-order valence-corrected chi connectivity index (χ4v) is 6.03. The van der Waals surface area contributed by atoms with Gasteiger partial charge >= 0.3 is 5.97 Å². The fourth-order valence-electron chi connectivity index (χ4n) is 6.03. The van der Waals surface area contributed by atoms with Crippen molar-refractivity contribution in [3.8, 4) is 11.5 Å². The summed E-state index contributed by atoms with van der Waals surface area (Å²) in [5.74, 6) is -4.70. The van der Waals surface area contributed by atoms with Gasteiger partial charge in [0.05, 0.1) is 34.3 Å². The predicted molar refractivity (Wildman–Crippen MR) is 248 cm³/mol. The molecular weight excluding hydrogens is 867 g/mol. The zero-order valence-electron chi connectivity index (χ0n) is 36.2. The maximum Gasteiger partial charge on any atom is 0.338 e. The summed E-state index contributed by atoms with van der Waals surface area (Å²) in [7, 11) is 0. The lowest BCUT2D eigenvalue weighted by molar-refractivity contribution is -0.384. The van der Waals surface area contributed by atoms with E-state index in [1.807, 2.05) is 0 Å². The number of amides is 6. The van der Waals surface area contributed by atoms with Crippen LogP contribution in [0.2, 0.25) is 0 Å². The van der Waals surface area contributed by atoms with Crippen LogP contribution in [-0.2, 0) is 14.3 Å². The van der Waals surface area contributed by atoms with E-state index < -0.39 is 64.9 Å². The molecule has 0 fully saturated rings. The van der Waals surface area contributed by atoms with Crippen molar-refractivity contribution in [3.63, 3.8) is 0 Å². The molecule has 0 heterocycles. The van der Waals surface area contributed by atoms with Gasteiger partial charge in [0.15, 0.2) is 11.5 Å². The van der Waals surface area contributed by atoms with Crippen molar-refractivity contribution in [2.75, 3.05) is 34.5 Å². The number of carbonyl (C=O) groups is 7. The second kappa shape index (κ2) is 23.0. The van der Waals surface area contributed by atoms with Gasteiger partial charge in [-0.2, -0.15) is 0 Å². The minimum atomic E-state index is -1.41. The molecule has 344 valence electrons. The molecule has 0 unspecified atom stereocenters. The number of rotatable bonds is 21. The highest BCUT2D eigenvalue weighted by Gasteiger charge is 2.26. The fraction of sp³-hybridized carbons (Fsp3) is 0.146. The number of nitrogens with two attached hydrogens (primary N) is 1. The van der Waals surface area contributed by atoms with E-state index in [1.54, 1.807) is 13.8 Å². The van der Waals surface area contributed by atoms with Gasteiger partial charge in [-0.25, -0.2) is 4.79 Å². The number of nitro benzene ring substituents is 1. The molecule has 5 rings (SSSR count). The molecule has 5 aromatic carbocycles. The lowest BCUT2D eigenvalue weighted by Gasteiger charge is -2.21. The summed E-state index contributed by atoms with van der Waals surface area (Å²) in [6.07, 6.45) is 1.92. The summed E-state index contributed by atoms with van der Waals surface area (Å²) < 4.78 is 17.1. The van der Waals surface area contributed by atoms with Gasteiger partial charge in [-0.05, 0) is 105 Å². The van der Waals surface area contributed by atoms with Crippen molar-refractivity contribution in [2.24, 2.45) is 5.73 Å². The van der Waals surface area contributed by atoms with Gasteiger partial charge in [0.1, 0.15) is 19.3 Å². The summed E-state index contributed by atoms with van der Waals surface area (Å²) in [6.45, 7) is 10.7. The van der Waals surface area contributed by atoms with Crippen LogP contribution in [0.5, 0.6) is 11.5 Å². The maximum atomic E-state index is 13.6. The van der Waals surface area contributed by atoms with E-state index in [1.165, 1.54) is 115 Å². The molecule has 1 atom stereocenters. The summed E-state index contributed by atoms with van der Waals surface area (Å²) >= 11 is 0. The van der Waals surface area contributed by atoms with Crippen LogP contribution in [0.4, 0.5) is 28.4 Å². The average Bonchev–Trinajstić information content (AvgIpc) is 3.30. The second-order valence-electron chi connectivity index (χ2n) is 14.6. The number of benzene rings is 5. The molecule has 0 spiro atoms. The Morgan fingerprint density at radius 1 is 0.657 bits per heavy atom. The third-order valence-electron chi connectivity index (χ3n) is 9.18. The molecule has 19 nitrogen and oxygen atoms in total. The highest BCUT2D eigenvalue weighted by atomic mass is 16.6. The molecule has 6 amide bonds. The number of nitro groups is 1. The largest absolute Gasteiger partial charge is 0.485 e. The number of nitrogens with zero attached hydrogens (tertiary/aromatic N) is 1. The number of ether oxygens (including phenoxy) is 3. The first-order valence-corrected chi connectivity index (χ1v) is 20.3. The zero-order valence-corrected chi connectivity index (χ0v) is 36.2. The van der Waals surface area contributed by atoms with Gasteiger partial charge in [-0.3, -0.25) is 38.9 Å². The number of nitrogens with one attached hydrogen (secondary N) is 5. The number of anilines is 4. The molecule has 0 aromatic heterocycles. The van der Waals surface area contributed by atoms with Crippen molar-refractivity contribution in [1.82, 2.24) is 5.32 Å². The topological polar surface area (TPSA) is 276 Å². The van der Waals surface area contributed by atoms with Gasteiger partial charge in [-0.15, -0.1) is 0 Å². The van der Waals surface area contributed by atoms with Crippen LogP contribution in [0, 0.1) is 10.1 Å². The Morgan fingerprint density at radius 3 is 1.78 bits per heavy atom. The van der Waals surface area contributed by atoms with E-state index in [2.05, 4.69) is 39.7 Å². The quantitative estimate of drug-likeness (QED) is 0.0195. The van der Waals surface area contributed by atoms with E-state index >= 15 is 0 Å². The third kappa shape index (κ3) is 13.7. The first-order chi connectivity index (χ1) is 32.1. The summed E-state index contributed by atoms with van der Waals surface area (Å²) in [4.78, 5) is 101. The van der Waals surface area contributed by atoms with E-state index in [0.717, 1.165) is 6.07 Å². The minimum Gasteiger partial charge on any atom is -0.485 e. The lowest BCUT2D eigenvalue weighted by atomic mass is 10.1. The monoisotopic (exact) mass is 911 g/mol. The molecule has 67 heavy (non-hydrogen) atoms. The van der Waals surface area contributed by atoms with E-state index in [0.29, 0.717) is 5.69 Å². The van der Waals surface area contributed by atoms with Crippen molar-refractivity contribution < 1.29 is 52.7 Å². The van der Waals surface area contributed by atoms with Crippen molar-refractivity contribution in [2.45, 2.75) is 32.4 Å². The number of primary amides is 1. The van der Waals surface area contributed by atoms with Crippen LogP contribution in [0.15, 0.2) is 135 Å². The Labute approximate surface area is 383 Å². The smallest absolute Gasteiger partial charge is 0.338 e. The Hall–Kier alpha value is -9.13. The van der Waals surface area contributed by atoms with E-state index in [-0.39, 0.29) is 75.3 Å². The van der Waals surface area contributed by atoms with Gasteiger partial charge in [0.2, 0.25) is 11.8 Å². The predicted octanol–water partition coefficient (Wildman–Crippen LogP) is 6.66. The first kappa shape index (κ1) is 48.9. The van der Waals surface area contributed by atoms with Crippen molar-refractivity contribution in [1.29, 1.82) is 0 Å². The highest BCUT2D eigenvalue weighted by Crippen LogP contribution is 2.40. The van der Waals surface area contributed by atoms with Gasteiger partial charge in [0, 0.05) is 45.9 Å². The third-order valence-corrected chi connectivity index (χ3v) is 9.18. The number of non-ortho nitro benzene ring substituents is 1. The number of hydrogen-bond acceptors (Lipinski definition) is 12. The molecule has 7 N–H and O–H groups in total. The summed E-state index contributed by atoms with van der Waals surface area (Å²) in [5.41, 5.74) is 6.74. The molecule has 0 aliphatic rings. The van der Waals surface area contributed by atoms with Crippen molar-refractivity contribution in [3.05, 3.63) is 172 Å². The van der Waals surface area contributed by atoms with Crippen LogP contribution < -0.4 is 41.8 Å². The van der Waals surface area contributed by atoms with Gasteiger partial charge in [0.25, 0.3) is 29.3 Å². The Morgan fingerprint density at radius 2 is 1.21 bits per heavy atom. The normalized spacial score (nSPS) is 10.9. The average molecular weight is 912 g/mol. The molecule has 19 heteroatoms. The second-order valence-corrected chi connectivity index (χ2v) is 14.6. The SMILES string of the molecule is C=CCOC(=O)c1ccc(NC(=O)c2ccc(NC(=O)c3ccc(NC(=O)[C@H](CC(N)=O)NC(=O)c4ccc(NC(=O)c5cccc([N+](=O)[O-])c5)cc4)cc3)c(OC(C)C)c2OCC=C)cc1. The molecule has 0 radical (unpaired) electrons. The van der Waals surface area contributed by atoms with Crippen LogP contribution in [0.3, 0.4) is 0 Å². The number of carbonyl (C=O) groups excluding carboxylic acids is 7. The number of esters is 1. The van der Waals surface area contributed by atoms with Crippen molar-refractivity contribution >= 4 is 69.8 Å². The Kier molecular flexibility index (Phi) is 16.8. The Bertz CT molecular complexity index is 2700. The molecule has 0 aliphatic carbocycles. The highest BCUT2D eigenvalue weighted by molar-refractivity contribution is 6.10. The van der Waals surface area contributed by atoms with Crippen LogP contribution >= 0.6 is 0 Å². The molecule has 0 bridgehead atoms. The van der Waals surface area contributed by atoms with Crippen LogP contribution in [0.1, 0.15) is 72.1 Å². The summed E-state index contributed by atoms with van der Waals surface area (Å²) in [5, 5.41) is 24.3. The maximum absolute atomic E-state index is 13.6. The van der Waals surface area contributed by atoms with Crippen LogP contribution in [0.25, 0.3) is 0 Å². The molecular formula is C48H45N7O12. The molecule has 0 saturated carbocycles. The van der Waals surface area contributed by atoms with Gasteiger partial charge < -0.3 is 46.5 Å². The number of hydrogen-bond donors (Lipinski definition) is 6. The minimum absolute atomic E-state index is 0.0187. The zero-order chi connectivity index (χ0) is 48.6. The standard InChI is InChI=1S/C48H45N7O12/c1-5-24-65-41-37(46(60)51-34-20-14-31(15-21-34)48(62)66-25-6-2)22-23-38(42(41)67-28(3)4)53-43(57)29-12-18-35(19-13-29)52-47(61)39(27-40(49)56)54-44(58)30-10-16-33(17-11-30)50-45(59)32-8-7-9-36(26-32)55(63)64/h5-23,26,28,39H,1-2,24-25,27H2,3-4H3,(H2,49,56)(H,50,59)(H,51,60)(H,52,61)(H,53,57)(H,54,58)/t39-/m0/s1. The molecule has 0 aliphatic heterocycles. The molecule has 0 saturated heterocycles. The van der Waals surface area contributed by atoms with E-state index in [9.17, 15) is 43.7 Å². The van der Waals surface area contributed by atoms with Gasteiger partial charge in [-0.1, -0.05) is 31.4 Å². The van der Waals surface area contributed by atoms with E-state index in [4.69, 9.17) is 19.9 Å². The first-order valence-electron chi connectivity index (χ1n) is 20.3. The Balaban J connectivity index is 1.25.